The second-order valence-electron chi connectivity index (χ2n) is 6.89. The molecule has 3 nitrogen and oxygen atoms in total. The van der Waals surface area contributed by atoms with Crippen LogP contribution in [0.25, 0.3) is 0 Å². The van der Waals surface area contributed by atoms with E-state index in [-0.39, 0.29) is 24.0 Å². The number of esters is 1. The topological polar surface area (TPSA) is 38.3 Å². The van der Waals surface area contributed by atoms with Crippen molar-refractivity contribution in [2.24, 2.45) is 5.92 Å². The summed E-state index contributed by atoms with van der Waals surface area (Å²) in [6.07, 6.45) is 9.10. The van der Waals surface area contributed by atoms with Crippen molar-refractivity contribution in [1.82, 2.24) is 0 Å². The van der Waals surface area contributed by atoms with Gasteiger partial charge in [0.2, 0.25) is 0 Å². The number of benzene rings is 2. The predicted octanol–water partition coefficient (Wildman–Crippen LogP) is 5.85. The van der Waals surface area contributed by atoms with Gasteiger partial charge >= 0.3 is 5.97 Å². The first-order valence-corrected chi connectivity index (χ1v) is 9.75. The summed E-state index contributed by atoms with van der Waals surface area (Å²) in [6, 6.07) is 19.8. The van der Waals surface area contributed by atoms with Gasteiger partial charge in [0.1, 0.15) is 6.10 Å². The highest BCUT2D eigenvalue weighted by atomic mass is 16.5. The summed E-state index contributed by atoms with van der Waals surface area (Å²) in [5.74, 6) is -0.402. The van der Waals surface area contributed by atoms with E-state index < -0.39 is 0 Å². The molecular formula is C25H27NO2. The van der Waals surface area contributed by atoms with E-state index in [1.54, 1.807) is 6.08 Å². The summed E-state index contributed by atoms with van der Waals surface area (Å²) >= 11 is 0. The van der Waals surface area contributed by atoms with E-state index in [1.165, 1.54) is 0 Å². The van der Waals surface area contributed by atoms with Gasteiger partial charge in [-0.1, -0.05) is 79.4 Å². The first-order chi connectivity index (χ1) is 13.7. The molecule has 1 aliphatic heterocycles. The van der Waals surface area contributed by atoms with E-state index in [0.29, 0.717) is 0 Å². The molecule has 0 saturated carbocycles. The van der Waals surface area contributed by atoms with Crippen LogP contribution in [0.4, 0.5) is 5.69 Å². The SMILES string of the molecule is C=CC=CC(=CC)C(Nc1ccccc1)C1CCC(c2ccccc2)OC1=O. The normalized spacial score (nSPS) is 21.2. The molecule has 0 aromatic heterocycles. The zero-order valence-electron chi connectivity index (χ0n) is 16.3. The molecule has 3 heteroatoms. The first kappa shape index (κ1) is 19.7. The molecule has 1 heterocycles. The second kappa shape index (κ2) is 9.75. The molecule has 144 valence electrons. The minimum absolute atomic E-state index is 0.153. The van der Waals surface area contributed by atoms with E-state index >= 15 is 0 Å². The molecule has 0 radical (unpaired) electrons. The average Bonchev–Trinajstić information content (AvgIpc) is 2.75. The second-order valence-corrected chi connectivity index (χ2v) is 6.89. The summed E-state index contributed by atoms with van der Waals surface area (Å²) in [7, 11) is 0. The van der Waals surface area contributed by atoms with Crippen LogP contribution in [0.1, 0.15) is 31.4 Å². The maximum atomic E-state index is 13.0. The minimum Gasteiger partial charge on any atom is -0.457 e. The summed E-state index contributed by atoms with van der Waals surface area (Å²) < 4.78 is 5.85. The van der Waals surface area contributed by atoms with Crippen molar-refractivity contribution in [3.63, 3.8) is 0 Å². The molecule has 2 aromatic rings. The molecule has 28 heavy (non-hydrogen) atoms. The monoisotopic (exact) mass is 373 g/mol. The van der Waals surface area contributed by atoms with Gasteiger partial charge in [-0.3, -0.25) is 4.79 Å². The zero-order chi connectivity index (χ0) is 19.8. The molecule has 0 bridgehead atoms. The average molecular weight is 373 g/mol. The molecule has 3 atom stereocenters. The largest absolute Gasteiger partial charge is 0.457 e. The Morgan fingerprint density at radius 1 is 1.11 bits per heavy atom. The third-order valence-corrected chi connectivity index (χ3v) is 5.09. The van der Waals surface area contributed by atoms with Gasteiger partial charge < -0.3 is 10.1 Å². The van der Waals surface area contributed by atoms with Crippen molar-refractivity contribution in [3.8, 4) is 0 Å². The molecule has 3 unspecified atom stereocenters. The Balaban J connectivity index is 1.82. The lowest BCUT2D eigenvalue weighted by Crippen LogP contribution is -2.40. The number of allylic oxidation sites excluding steroid dienone is 3. The fourth-order valence-electron chi connectivity index (χ4n) is 3.63. The Morgan fingerprint density at radius 3 is 2.39 bits per heavy atom. The van der Waals surface area contributed by atoms with E-state index in [9.17, 15) is 4.79 Å². The Morgan fingerprint density at radius 2 is 1.79 bits per heavy atom. The molecule has 0 amide bonds. The number of ether oxygens (including phenoxy) is 1. The molecule has 1 N–H and O–H groups in total. The summed E-state index contributed by atoms with van der Waals surface area (Å²) in [6.45, 7) is 5.74. The highest BCUT2D eigenvalue weighted by Crippen LogP contribution is 2.35. The predicted molar refractivity (Wildman–Crippen MR) is 115 cm³/mol. The van der Waals surface area contributed by atoms with Gasteiger partial charge in [0.15, 0.2) is 0 Å². The van der Waals surface area contributed by atoms with E-state index in [1.807, 2.05) is 85.8 Å². The number of carbonyl (C=O) groups is 1. The standard InChI is InChI=1S/C25H27NO2/c1-3-5-12-19(4-2)24(26-21-15-10-7-11-16-21)22-17-18-23(28-25(22)27)20-13-8-6-9-14-20/h3-16,22-24,26H,1,17-18H2,2H3. The lowest BCUT2D eigenvalue weighted by Gasteiger charge is -2.34. The third-order valence-electron chi connectivity index (χ3n) is 5.09. The van der Waals surface area contributed by atoms with Crippen molar-refractivity contribution < 1.29 is 9.53 Å². The third kappa shape index (κ3) is 4.80. The quantitative estimate of drug-likeness (QED) is 0.489. The highest BCUT2D eigenvalue weighted by Gasteiger charge is 2.37. The summed E-state index contributed by atoms with van der Waals surface area (Å²) in [5, 5.41) is 3.54. The number of rotatable bonds is 7. The lowest BCUT2D eigenvalue weighted by molar-refractivity contribution is -0.161. The Hall–Kier alpha value is -3.07. The lowest BCUT2D eigenvalue weighted by atomic mass is 9.84. The van der Waals surface area contributed by atoms with Crippen molar-refractivity contribution in [3.05, 3.63) is 103 Å². The molecule has 1 saturated heterocycles. The Bertz CT molecular complexity index is 839. The van der Waals surface area contributed by atoms with Crippen LogP contribution >= 0.6 is 0 Å². The van der Waals surface area contributed by atoms with Gasteiger partial charge in [-0.2, -0.15) is 0 Å². The van der Waals surface area contributed by atoms with E-state index in [4.69, 9.17) is 4.74 Å². The molecule has 3 rings (SSSR count). The number of anilines is 1. The van der Waals surface area contributed by atoms with Gasteiger partial charge in [-0.25, -0.2) is 0 Å². The molecule has 2 aromatic carbocycles. The van der Waals surface area contributed by atoms with Gasteiger partial charge in [0, 0.05) is 5.69 Å². The van der Waals surface area contributed by atoms with Crippen LogP contribution in [0, 0.1) is 5.92 Å². The van der Waals surface area contributed by atoms with Gasteiger partial charge in [-0.15, -0.1) is 0 Å². The van der Waals surface area contributed by atoms with Gasteiger partial charge in [-0.05, 0) is 43.0 Å². The number of carbonyl (C=O) groups excluding carboxylic acids is 1. The highest BCUT2D eigenvalue weighted by molar-refractivity contribution is 5.76. The van der Waals surface area contributed by atoms with Crippen LogP contribution in [0.3, 0.4) is 0 Å². The fourth-order valence-corrected chi connectivity index (χ4v) is 3.63. The van der Waals surface area contributed by atoms with Crippen LogP contribution in [0.2, 0.25) is 0 Å². The van der Waals surface area contributed by atoms with E-state index in [0.717, 1.165) is 29.7 Å². The number of hydrogen-bond acceptors (Lipinski definition) is 3. The summed E-state index contributed by atoms with van der Waals surface area (Å²) in [4.78, 5) is 13.0. The first-order valence-electron chi connectivity index (χ1n) is 9.75. The zero-order valence-corrected chi connectivity index (χ0v) is 16.3. The van der Waals surface area contributed by atoms with E-state index in [2.05, 4.69) is 11.9 Å². The van der Waals surface area contributed by atoms with Crippen molar-refractivity contribution in [2.45, 2.75) is 31.9 Å². The van der Waals surface area contributed by atoms with Crippen LogP contribution in [-0.2, 0) is 9.53 Å². The minimum atomic E-state index is -0.249. The number of nitrogens with one attached hydrogen (secondary N) is 1. The number of cyclic esters (lactones) is 1. The molecular weight excluding hydrogens is 346 g/mol. The van der Waals surface area contributed by atoms with Gasteiger partial charge in [0.25, 0.3) is 0 Å². The van der Waals surface area contributed by atoms with Crippen LogP contribution < -0.4 is 5.32 Å². The molecule has 1 aliphatic rings. The Labute approximate surface area is 167 Å². The molecule has 0 spiro atoms. The maximum absolute atomic E-state index is 13.0. The van der Waals surface area contributed by atoms with Gasteiger partial charge in [0.05, 0.1) is 12.0 Å². The maximum Gasteiger partial charge on any atom is 0.311 e. The number of hydrogen-bond donors (Lipinski definition) is 1. The van der Waals surface area contributed by atoms with Crippen molar-refractivity contribution in [2.75, 3.05) is 5.32 Å². The van der Waals surface area contributed by atoms with Crippen LogP contribution in [0.5, 0.6) is 0 Å². The summed E-state index contributed by atoms with van der Waals surface area (Å²) in [5.41, 5.74) is 3.08. The van der Waals surface area contributed by atoms with Crippen molar-refractivity contribution in [1.29, 1.82) is 0 Å². The fraction of sp³-hybridized carbons (Fsp3) is 0.240. The smallest absolute Gasteiger partial charge is 0.311 e. The van der Waals surface area contributed by atoms with Crippen molar-refractivity contribution >= 4 is 11.7 Å². The van der Waals surface area contributed by atoms with Crippen LogP contribution in [0.15, 0.2) is 97.1 Å². The van der Waals surface area contributed by atoms with Crippen LogP contribution in [-0.4, -0.2) is 12.0 Å². The molecule has 1 fully saturated rings. The Kier molecular flexibility index (Phi) is 6.85. The number of para-hydroxylation sites is 1. The molecule has 0 aliphatic carbocycles.